The van der Waals surface area contributed by atoms with Crippen LogP contribution in [-0.2, 0) is 11.2 Å². The first-order valence-electron chi connectivity index (χ1n) is 7.10. The molecule has 1 amide bonds. The fourth-order valence-electron chi connectivity index (χ4n) is 1.88. The molecule has 0 aliphatic carbocycles. The molecular weight excluding hydrogens is 384 g/mol. The van der Waals surface area contributed by atoms with Gasteiger partial charge in [-0.1, -0.05) is 53.8 Å². The summed E-state index contributed by atoms with van der Waals surface area (Å²) in [6.45, 7) is 2.05. The lowest BCUT2D eigenvalue weighted by molar-refractivity contribution is -0.115. The molecule has 0 saturated heterocycles. The largest absolute Gasteiger partial charge is 0.300 e. The number of anilines is 1. The van der Waals surface area contributed by atoms with Crippen LogP contribution in [0.25, 0.3) is 10.6 Å². The number of nitrogens with zero attached hydrogens (tertiary/aromatic N) is 3. The van der Waals surface area contributed by atoms with Crippen LogP contribution in [0.5, 0.6) is 0 Å². The van der Waals surface area contributed by atoms with Gasteiger partial charge in [-0.3, -0.25) is 4.79 Å². The Balaban J connectivity index is 1.61. The summed E-state index contributed by atoms with van der Waals surface area (Å²) in [5.74, 6) is 0.779. The first-order valence-corrected chi connectivity index (χ1v) is 10.2. The average molecular weight is 397 g/mol. The molecule has 0 aliphatic heterocycles. The van der Waals surface area contributed by atoms with Crippen molar-refractivity contribution in [1.29, 1.82) is 0 Å². The zero-order chi connectivity index (χ0) is 16.9. The number of hydrogen-bond donors (Lipinski definition) is 1. The molecule has 24 heavy (non-hydrogen) atoms. The third-order valence-electron chi connectivity index (χ3n) is 2.91. The first-order chi connectivity index (χ1) is 11.6. The Morgan fingerprint density at radius 2 is 2.08 bits per heavy atom. The van der Waals surface area contributed by atoms with E-state index in [0.717, 1.165) is 26.4 Å². The molecule has 124 valence electrons. The molecule has 2 aromatic heterocycles. The van der Waals surface area contributed by atoms with Crippen molar-refractivity contribution in [3.05, 3.63) is 40.4 Å². The predicted octanol–water partition coefficient (Wildman–Crippen LogP) is 4.61. The summed E-state index contributed by atoms with van der Waals surface area (Å²) in [6.07, 6.45) is 0.208. The lowest BCUT2D eigenvalue weighted by Gasteiger charge is -1.98. The van der Waals surface area contributed by atoms with E-state index < -0.39 is 0 Å². The fourth-order valence-corrected chi connectivity index (χ4v) is 4.50. The Labute approximate surface area is 156 Å². The van der Waals surface area contributed by atoms with E-state index in [2.05, 4.69) is 20.5 Å². The van der Waals surface area contributed by atoms with E-state index in [0.29, 0.717) is 10.2 Å². The van der Waals surface area contributed by atoms with Crippen molar-refractivity contribution in [2.24, 2.45) is 0 Å². The van der Waals surface area contributed by atoms with Crippen LogP contribution in [-0.4, -0.2) is 26.8 Å². The van der Waals surface area contributed by atoms with Crippen LogP contribution in [0.15, 0.2) is 34.0 Å². The van der Waals surface area contributed by atoms with Crippen molar-refractivity contribution in [2.75, 3.05) is 11.1 Å². The number of nitrogens with one attached hydrogen (secondary N) is 1. The predicted molar refractivity (Wildman–Crippen MR) is 101 cm³/mol. The summed E-state index contributed by atoms with van der Waals surface area (Å²) < 4.78 is 0.853. The minimum absolute atomic E-state index is 0.146. The van der Waals surface area contributed by atoms with E-state index in [1.54, 1.807) is 11.8 Å². The molecule has 0 aliphatic rings. The number of aromatic nitrogens is 3. The number of carbonyl (C=O) groups excluding carboxylic acids is 1. The number of hydrogen-bond acceptors (Lipinski definition) is 7. The zero-order valence-electron chi connectivity index (χ0n) is 12.7. The van der Waals surface area contributed by atoms with Gasteiger partial charge in [-0.2, -0.15) is 0 Å². The Morgan fingerprint density at radius 3 is 2.83 bits per heavy atom. The van der Waals surface area contributed by atoms with E-state index in [9.17, 15) is 4.79 Å². The molecule has 0 fully saturated rings. The molecule has 3 rings (SSSR count). The molecule has 9 heteroatoms. The highest BCUT2D eigenvalue weighted by molar-refractivity contribution is 8.01. The van der Waals surface area contributed by atoms with Crippen molar-refractivity contribution in [1.82, 2.24) is 15.2 Å². The number of benzene rings is 1. The van der Waals surface area contributed by atoms with Crippen molar-refractivity contribution in [3.63, 3.8) is 0 Å². The maximum atomic E-state index is 12.1. The number of halogens is 1. The van der Waals surface area contributed by atoms with Crippen molar-refractivity contribution < 1.29 is 4.79 Å². The van der Waals surface area contributed by atoms with Crippen LogP contribution in [0.1, 0.15) is 12.6 Å². The topological polar surface area (TPSA) is 67.8 Å². The zero-order valence-corrected chi connectivity index (χ0v) is 15.9. The molecule has 1 aromatic carbocycles. The Hall–Kier alpha value is -1.48. The van der Waals surface area contributed by atoms with Gasteiger partial charge < -0.3 is 5.32 Å². The maximum Gasteiger partial charge on any atom is 0.232 e. The second kappa shape index (κ2) is 8.06. The first kappa shape index (κ1) is 17.3. The number of thioether (sulfide) groups is 1. The van der Waals surface area contributed by atoms with Crippen molar-refractivity contribution in [2.45, 2.75) is 17.7 Å². The molecule has 0 radical (unpaired) electrons. The van der Waals surface area contributed by atoms with Crippen LogP contribution < -0.4 is 5.32 Å². The number of carbonyl (C=O) groups is 1. The highest BCUT2D eigenvalue weighted by Gasteiger charge is 2.12. The third-order valence-corrected chi connectivity index (χ3v) is 5.95. The average Bonchev–Trinajstić information content (AvgIpc) is 3.18. The summed E-state index contributed by atoms with van der Waals surface area (Å²) >= 11 is 10.4. The molecule has 3 aromatic rings. The second-order valence-electron chi connectivity index (χ2n) is 4.68. The summed E-state index contributed by atoms with van der Waals surface area (Å²) in [5, 5.41) is 14.7. The highest BCUT2D eigenvalue weighted by Crippen LogP contribution is 2.26. The molecule has 5 nitrogen and oxygen atoms in total. The van der Waals surface area contributed by atoms with Gasteiger partial charge in [0.1, 0.15) is 5.01 Å². The fraction of sp³-hybridized carbons (Fsp3) is 0.200. The van der Waals surface area contributed by atoms with Gasteiger partial charge in [-0.25, -0.2) is 4.98 Å². The maximum absolute atomic E-state index is 12.1. The van der Waals surface area contributed by atoms with Crippen LogP contribution in [0.2, 0.25) is 5.02 Å². The van der Waals surface area contributed by atoms with Gasteiger partial charge in [-0.15, -0.1) is 21.5 Å². The van der Waals surface area contributed by atoms with Crippen LogP contribution >= 0.6 is 46.0 Å². The Morgan fingerprint density at radius 1 is 1.29 bits per heavy atom. The summed E-state index contributed by atoms with van der Waals surface area (Å²) in [6, 6.07) is 7.48. The number of rotatable bonds is 6. The normalized spacial score (nSPS) is 10.8. The van der Waals surface area contributed by atoms with Gasteiger partial charge in [0.25, 0.3) is 0 Å². The van der Waals surface area contributed by atoms with Gasteiger partial charge in [0.15, 0.2) is 4.34 Å². The highest BCUT2D eigenvalue weighted by atomic mass is 35.5. The van der Waals surface area contributed by atoms with Gasteiger partial charge >= 0.3 is 0 Å². The number of thiazole rings is 1. The molecule has 1 N–H and O–H groups in total. The van der Waals surface area contributed by atoms with E-state index in [1.165, 1.54) is 22.7 Å². The Kier molecular flexibility index (Phi) is 5.83. The van der Waals surface area contributed by atoms with Gasteiger partial charge in [0.05, 0.1) is 12.1 Å². The molecule has 0 bridgehead atoms. The quantitative estimate of drug-likeness (QED) is 0.486. The standard InChI is InChI=1S/C15H13ClN4OS3/c1-2-22-15-20-19-14(24-15)18-12(21)7-11-8-23-13(17-11)9-3-5-10(16)6-4-9/h3-6,8H,2,7H2,1H3,(H,18,19,21). The van der Waals surface area contributed by atoms with Crippen LogP contribution in [0.4, 0.5) is 5.13 Å². The molecule has 2 heterocycles. The van der Waals surface area contributed by atoms with Crippen molar-refractivity contribution >= 4 is 57.1 Å². The van der Waals surface area contributed by atoms with E-state index in [4.69, 9.17) is 11.6 Å². The minimum atomic E-state index is -0.146. The second-order valence-corrected chi connectivity index (χ2v) is 8.47. The molecule has 0 unspecified atom stereocenters. The minimum Gasteiger partial charge on any atom is -0.300 e. The third kappa shape index (κ3) is 4.54. The summed E-state index contributed by atoms with van der Waals surface area (Å²) in [7, 11) is 0. The van der Waals surface area contributed by atoms with Crippen LogP contribution in [0.3, 0.4) is 0 Å². The summed E-state index contributed by atoms with van der Waals surface area (Å²) in [4.78, 5) is 16.6. The Bertz CT molecular complexity index is 831. The van der Waals surface area contributed by atoms with E-state index in [-0.39, 0.29) is 12.3 Å². The van der Waals surface area contributed by atoms with E-state index >= 15 is 0 Å². The van der Waals surface area contributed by atoms with Gasteiger partial charge in [0.2, 0.25) is 11.0 Å². The van der Waals surface area contributed by atoms with Gasteiger partial charge in [-0.05, 0) is 17.9 Å². The smallest absolute Gasteiger partial charge is 0.232 e. The number of amides is 1. The lowest BCUT2D eigenvalue weighted by atomic mass is 10.2. The van der Waals surface area contributed by atoms with E-state index in [1.807, 2.05) is 36.6 Å². The molecule has 0 atom stereocenters. The lowest BCUT2D eigenvalue weighted by Crippen LogP contribution is -2.14. The van der Waals surface area contributed by atoms with Gasteiger partial charge in [0, 0.05) is 16.0 Å². The SMILES string of the molecule is CCSc1nnc(NC(=O)Cc2csc(-c3ccc(Cl)cc3)n2)s1. The van der Waals surface area contributed by atoms with Crippen molar-refractivity contribution in [3.8, 4) is 10.6 Å². The summed E-state index contributed by atoms with van der Waals surface area (Å²) in [5.41, 5.74) is 1.72. The monoisotopic (exact) mass is 396 g/mol. The molecule has 0 saturated carbocycles. The molecular formula is C15H13ClN4OS3. The van der Waals surface area contributed by atoms with Crippen LogP contribution in [0, 0.1) is 0 Å². The molecule has 0 spiro atoms.